The lowest BCUT2D eigenvalue weighted by atomic mass is 10.1. The lowest BCUT2D eigenvalue weighted by Crippen LogP contribution is -1.88. The van der Waals surface area contributed by atoms with Gasteiger partial charge in [-0.3, -0.25) is 0 Å². The molecule has 2 saturated carbocycles. The fourth-order valence-electron chi connectivity index (χ4n) is 1.99. The van der Waals surface area contributed by atoms with Crippen LogP contribution in [0.15, 0.2) is 0 Å². The van der Waals surface area contributed by atoms with Gasteiger partial charge >= 0.3 is 0 Å². The van der Waals surface area contributed by atoms with Gasteiger partial charge in [0, 0.05) is 0 Å². The molecule has 3 atom stereocenters. The van der Waals surface area contributed by atoms with E-state index in [9.17, 15) is 0 Å². The fourth-order valence-corrected chi connectivity index (χ4v) is 1.99. The molecule has 0 bridgehead atoms. The van der Waals surface area contributed by atoms with E-state index >= 15 is 0 Å². The normalized spacial score (nSPS) is 45.0. The zero-order chi connectivity index (χ0) is 6.85. The third-order valence-corrected chi connectivity index (χ3v) is 2.70. The summed E-state index contributed by atoms with van der Waals surface area (Å²) in [7, 11) is 0. The quantitative estimate of drug-likeness (QED) is 0.468. The van der Waals surface area contributed by atoms with Gasteiger partial charge in [0.2, 0.25) is 0 Å². The topological polar surface area (TPSA) is 0 Å². The summed E-state index contributed by atoms with van der Waals surface area (Å²) in [6.07, 6.45) is 4.64. The molecule has 54 valence electrons. The first-order valence-electron chi connectivity index (χ1n) is 4.38. The van der Waals surface area contributed by atoms with E-state index in [1.54, 1.807) is 12.8 Å². The Labute approximate surface area is 58.7 Å². The van der Waals surface area contributed by atoms with Crippen LogP contribution in [0, 0.1) is 17.8 Å². The molecule has 0 spiro atoms. The molecule has 2 rings (SSSR count). The minimum atomic E-state index is 1.09. The van der Waals surface area contributed by atoms with Gasteiger partial charge in [0.25, 0.3) is 0 Å². The molecule has 0 aromatic carbocycles. The molecular weight excluding hydrogens is 108 g/mol. The maximum absolute atomic E-state index is 2.40. The highest BCUT2D eigenvalue weighted by Crippen LogP contribution is 2.54. The third-order valence-electron chi connectivity index (χ3n) is 2.70. The van der Waals surface area contributed by atoms with Gasteiger partial charge in [0.05, 0.1) is 0 Å². The molecule has 0 aromatic heterocycles. The van der Waals surface area contributed by atoms with E-state index in [1.165, 1.54) is 18.3 Å². The van der Waals surface area contributed by atoms with E-state index in [1.807, 2.05) is 13.8 Å². The van der Waals surface area contributed by atoms with Crippen LogP contribution in [0.3, 0.4) is 0 Å². The summed E-state index contributed by atoms with van der Waals surface area (Å²) < 4.78 is 0. The van der Waals surface area contributed by atoms with Crippen LogP contribution >= 0.6 is 0 Å². The van der Waals surface area contributed by atoms with Gasteiger partial charge < -0.3 is 0 Å². The molecule has 0 radical (unpaired) electrons. The molecule has 0 heteroatoms. The van der Waals surface area contributed by atoms with Gasteiger partial charge in [-0.25, -0.2) is 0 Å². The van der Waals surface area contributed by atoms with Crippen LogP contribution in [0.1, 0.15) is 40.0 Å². The Kier molecular flexibility index (Phi) is 2.15. The fraction of sp³-hybridized carbons (Fsp3) is 1.00. The van der Waals surface area contributed by atoms with Crippen LogP contribution in [0.25, 0.3) is 0 Å². The third kappa shape index (κ3) is 1.28. The summed E-state index contributed by atoms with van der Waals surface area (Å²) in [5.74, 6) is 3.46. The minimum Gasteiger partial charge on any atom is -0.0683 e. The maximum atomic E-state index is 2.40. The predicted molar refractivity (Wildman–Crippen MR) is 41.3 cm³/mol. The standard InChI is InChI=1S/C7H12.C2H6/c1-5-2-3-6-4-7(5)6;1-2/h5-7H,2-4H2,1H3;1-2H3. The highest BCUT2D eigenvalue weighted by atomic mass is 14.5. The Morgan fingerprint density at radius 3 is 1.89 bits per heavy atom. The van der Waals surface area contributed by atoms with E-state index in [2.05, 4.69) is 6.92 Å². The molecule has 2 aliphatic rings. The van der Waals surface area contributed by atoms with Crippen LogP contribution in [0.4, 0.5) is 0 Å². The molecule has 0 saturated heterocycles. The monoisotopic (exact) mass is 126 g/mol. The Bertz CT molecular complexity index is 86.0. The lowest BCUT2D eigenvalue weighted by Gasteiger charge is -1.98. The molecular formula is C9H18. The minimum absolute atomic E-state index is 1.09. The molecule has 0 aromatic rings. The van der Waals surface area contributed by atoms with E-state index in [-0.39, 0.29) is 0 Å². The number of rotatable bonds is 0. The number of hydrogen-bond acceptors (Lipinski definition) is 0. The summed E-state index contributed by atoms with van der Waals surface area (Å²) in [5, 5.41) is 0. The van der Waals surface area contributed by atoms with Crippen LogP contribution in [0.5, 0.6) is 0 Å². The molecule has 2 fully saturated rings. The van der Waals surface area contributed by atoms with E-state index in [0.717, 1.165) is 5.92 Å². The number of hydrogen-bond donors (Lipinski definition) is 0. The van der Waals surface area contributed by atoms with Crippen LogP contribution < -0.4 is 0 Å². The lowest BCUT2D eigenvalue weighted by molar-refractivity contribution is 0.530. The van der Waals surface area contributed by atoms with E-state index < -0.39 is 0 Å². The van der Waals surface area contributed by atoms with Crippen molar-refractivity contribution in [2.75, 3.05) is 0 Å². The molecule has 3 unspecified atom stereocenters. The van der Waals surface area contributed by atoms with Gasteiger partial charge in [-0.1, -0.05) is 27.2 Å². The zero-order valence-electron chi connectivity index (χ0n) is 6.85. The molecule has 0 amide bonds. The average molecular weight is 126 g/mol. The Hall–Kier alpha value is 0. The Balaban J connectivity index is 0.000000186. The van der Waals surface area contributed by atoms with E-state index in [0.29, 0.717) is 0 Å². The summed E-state index contributed by atoms with van der Waals surface area (Å²) in [5.41, 5.74) is 0. The van der Waals surface area contributed by atoms with Gasteiger partial charge in [-0.05, 0) is 30.6 Å². The van der Waals surface area contributed by atoms with Crippen molar-refractivity contribution in [1.29, 1.82) is 0 Å². The van der Waals surface area contributed by atoms with Gasteiger partial charge in [-0.15, -0.1) is 0 Å². The second kappa shape index (κ2) is 2.72. The smallest absolute Gasteiger partial charge is 0.0357 e. The van der Waals surface area contributed by atoms with Crippen molar-refractivity contribution in [3.8, 4) is 0 Å². The SMILES string of the molecule is CC.CC1CCC2CC12. The average Bonchev–Trinajstić information content (AvgIpc) is 2.61. The molecule has 0 aliphatic heterocycles. The first-order chi connectivity index (χ1) is 4.38. The Morgan fingerprint density at radius 2 is 1.78 bits per heavy atom. The van der Waals surface area contributed by atoms with Crippen molar-refractivity contribution >= 4 is 0 Å². The molecule has 0 N–H and O–H groups in total. The van der Waals surface area contributed by atoms with Crippen molar-refractivity contribution in [2.45, 2.75) is 40.0 Å². The first-order valence-corrected chi connectivity index (χ1v) is 4.38. The van der Waals surface area contributed by atoms with Gasteiger partial charge in [-0.2, -0.15) is 0 Å². The van der Waals surface area contributed by atoms with Crippen molar-refractivity contribution in [3.05, 3.63) is 0 Å². The highest BCUT2D eigenvalue weighted by Gasteiger charge is 2.45. The van der Waals surface area contributed by atoms with Crippen LogP contribution in [0.2, 0.25) is 0 Å². The van der Waals surface area contributed by atoms with Crippen LogP contribution in [-0.2, 0) is 0 Å². The van der Waals surface area contributed by atoms with Gasteiger partial charge in [0.1, 0.15) is 0 Å². The Morgan fingerprint density at radius 1 is 1.11 bits per heavy atom. The molecule has 0 nitrogen and oxygen atoms in total. The van der Waals surface area contributed by atoms with Gasteiger partial charge in [0.15, 0.2) is 0 Å². The molecule has 2 aliphatic carbocycles. The van der Waals surface area contributed by atoms with Crippen molar-refractivity contribution in [2.24, 2.45) is 17.8 Å². The second-order valence-corrected chi connectivity index (χ2v) is 3.21. The summed E-state index contributed by atoms with van der Waals surface area (Å²) >= 11 is 0. The predicted octanol–water partition coefficient (Wildman–Crippen LogP) is 3.08. The second-order valence-electron chi connectivity index (χ2n) is 3.21. The highest BCUT2D eigenvalue weighted by molar-refractivity contribution is 4.95. The number of fused-ring (bicyclic) bond motifs is 1. The summed E-state index contributed by atoms with van der Waals surface area (Å²) in [6.45, 7) is 6.40. The largest absolute Gasteiger partial charge is 0.0683 e. The maximum Gasteiger partial charge on any atom is -0.0357 e. The molecule has 0 heterocycles. The zero-order valence-corrected chi connectivity index (χ0v) is 6.85. The first kappa shape index (κ1) is 7.11. The van der Waals surface area contributed by atoms with Crippen molar-refractivity contribution in [3.63, 3.8) is 0 Å². The molecule has 9 heavy (non-hydrogen) atoms. The summed E-state index contributed by atoms with van der Waals surface area (Å²) in [6, 6.07) is 0. The van der Waals surface area contributed by atoms with Crippen LogP contribution in [-0.4, -0.2) is 0 Å². The van der Waals surface area contributed by atoms with Crippen molar-refractivity contribution < 1.29 is 0 Å². The van der Waals surface area contributed by atoms with Crippen molar-refractivity contribution in [1.82, 2.24) is 0 Å². The van der Waals surface area contributed by atoms with E-state index in [4.69, 9.17) is 0 Å². The summed E-state index contributed by atoms with van der Waals surface area (Å²) in [4.78, 5) is 0.